The maximum Gasteiger partial charge on any atom is 0.266 e. The molecule has 1 saturated heterocycles. The zero-order chi connectivity index (χ0) is 17.1. The zero-order valence-corrected chi connectivity index (χ0v) is 14.5. The first-order valence-corrected chi connectivity index (χ1v) is 8.54. The monoisotopic (exact) mass is 361 g/mol. The van der Waals surface area contributed by atoms with Gasteiger partial charge in [-0.2, -0.15) is 0 Å². The average molecular weight is 361 g/mol. The molecule has 124 valence electrons. The molecule has 2 heterocycles. The first-order valence-electron chi connectivity index (χ1n) is 7.32. The third-order valence-corrected chi connectivity index (χ3v) is 4.73. The van der Waals surface area contributed by atoms with Crippen molar-refractivity contribution in [3.05, 3.63) is 52.8 Å². The molecular formula is C17H15NO4S2. The Kier molecular flexibility index (Phi) is 4.92. The number of furan rings is 1. The minimum absolute atomic E-state index is 0.0689. The number of thioether (sulfide) groups is 1. The molecule has 1 N–H and O–H groups in total. The predicted octanol–water partition coefficient (Wildman–Crippen LogP) is 3.79. The van der Waals surface area contributed by atoms with Gasteiger partial charge in [0.2, 0.25) is 0 Å². The van der Waals surface area contributed by atoms with Gasteiger partial charge in [0.25, 0.3) is 5.91 Å². The Labute approximate surface area is 148 Å². The van der Waals surface area contributed by atoms with E-state index in [9.17, 15) is 9.90 Å². The van der Waals surface area contributed by atoms with Crippen LogP contribution in [-0.2, 0) is 11.3 Å². The highest BCUT2D eigenvalue weighted by Crippen LogP contribution is 2.35. The number of carbonyl (C=O) groups is 1. The Morgan fingerprint density at radius 1 is 1.42 bits per heavy atom. The van der Waals surface area contributed by atoms with Crippen molar-refractivity contribution < 1.29 is 19.1 Å². The van der Waals surface area contributed by atoms with Crippen LogP contribution >= 0.6 is 24.0 Å². The fourth-order valence-electron chi connectivity index (χ4n) is 2.24. The third-order valence-electron chi connectivity index (χ3n) is 3.35. The van der Waals surface area contributed by atoms with Crippen LogP contribution in [0.2, 0.25) is 0 Å². The van der Waals surface area contributed by atoms with Crippen LogP contribution < -0.4 is 4.74 Å². The lowest BCUT2D eigenvalue weighted by molar-refractivity contribution is -0.122. The van der Waals surface area contributed by atoms with Crippen LogP contribution in [0.1, 0.15) is 18.2 Å². The smallest absolute Gasteiger partial charge is 0.266 e. The molecule has 0 unspecified atom stereocenters. The number of nitrogens with zero attached hydrogens (tertiary/aromatic N) is 1. The van der Waals surface area contributed by atoms with E-state index in [0.29, 0.717) is 33.9 Å². The second kappa shape index (κ2) is 7.11. The van der Waals surface area contributed by atoms with Gasteiger partial charge in [0.15, 0.2) is 11.5 Å². The number of aromatic hydroxyl groups is 1. The Morgan fingerprint density at radius 3 is 2.96 bits per heavy atom. The van der Waals surface area contributed by atoms with Gasteiger partial charge in [0.1, 0.15) is 10.1 Å². The summed E-state index contributed by atoms with van der Waals surface area (Å²) >= 11 is 6.54. The number of amides is 1. The number of carbonyl (C=O) groups excluding carboxylic acids is 1. The van der Waals surface area contributed by atoms with E-state index < -0.39 is 0 Å². The number of hydrogen-bond donors (Lipinski definition) is 1. The van der Waals surface area contributed by atoms with Crippen molar-refractivity contribution in [2.24, 2.45) is 0 Å². The number of phenolic OH excluding ortho intramolecular Hbond substituents is 1. The third kappa shape index (κ3) is 3.47. The fourth-order valence-corrected chi connectivity index (χ4v) is 3.49. The quantitative estimate of drug-likeness (QED) is 0.646. The van der Waals surface area contributed by atoms with Crippen molar-refractivity contribution in [3.63, 3.8) is 0 Å². The molecule has 1 amide bonds. The van der Waals surface area contributed by atoms with Crippen LogP contribution in [0, 0.1) is 0 Å². The lowest BCUT2D eigenvalue weighted by Gasteiger charge is -2.12. The first kappa shape index (κ1) is 16.6. The van der Waals surface area contributed by atoms with Gasteiger partial charge in [0, 0.05) is 0 Å². The molecule has 0 aliphatic carbocycles. The van der Waals surface area contributed by atoms with Crippen molar-refractivity contribution >= 4 is 40.3 Å². The number of phenols is 1. The second-order valence-corrected chi connectivity index (χ2v) is 6.68. The van der Waals surface area contributed by atoms with E-state index in [2.05, 4.69) is 0 Å². The van der Waals surface area contributed by atoms with E-state index in [1.807, 2.05) is 6.92 Å². The Hall–Kier alpha value is -2.25. The van der Waals surface area contributed by atoms with E-state index in [0.717, 1.165) is 5.56 Å². The average Bonchev–Trinajstić information content (AvgIpc) is 3.15. The molecule has 0 spiro atoms. The van der Waals surface area contributed by atoms with E-state index in [4.69, 9.17) is 21.4 Å². The molecule has 3 rings (SSSR count). The van der Waals surface area contributed by atoms with Crippen LogP contribution in [0.4, 0.5) is 0 Å². The maximum absolute atomic E-state index is 12.6. The largest absolute Gasteiger partial charge is 0.504 e. The van der Waals surface area contributed by atoms with Gasteiger partial charge in [-0.1, -0.05) is 30.0 Å². The maximum atomic E-state index is 12.6. The summed E-state index contributed by atoms with van der Waals surface area (Å²) in [7, 11) is 0. The summed E-state index contributed by atoms with van der Waals surface area (Å²) in [5, 5.41) is 9.75. The van der Waals surface area contributed by atoms with Gasteiger partial charge < -0.3 is 14.3 Å². The zero-order valence-electron chi connectivity index (χ0n) is 12.9. The number of rotatable bonds is 5. The highest BCUT2D eigenvalue weighted by Gasteiger charge is 2.32. The predicted molar refractivity (Wildman–Crippen MR) is 96.7 cm³/mol. The molecular weight excluding hydrogens is 346 g/mol. The minimum atomic E-state index is -0.160. The summed E-state index contributed by atoms with van der Waals surface area (Å²) in [6, 6.07) is 8.53. The molecule has 5 nitrogen and oxygen atoms in total. The number of ether oxygens (including phenoxy) is 1. The van der Waals surface area contributed by atoms with Gasteiger partial charge >= 0.3 is 0 Å². The Bertz CT molecular complexity index is 799. The summed E-state index contributed by atoms with van der Waals surface area (Å²) in [6.45, 7) is 2.60. The van der Waals surface area contributed by atoms with Crippen molar-refractivity contribution in [1.29, 1.82) is 0 Å². The molecule has 24 heavy (non-hydrogen) atoms. The topological polar surface area (TPSA) is 62.9 Å². The van der Waals surface area contributed by atoms with Crippen LogP contribution in [-0.4, -0.2) is 26.8 Å². The SMILES string of the molecule is CCOc1cc(/C=C2\SC(=S)N(Cc3ccco3)C2=O)ccc1O. The van der Waals surface area contributed by atoms with Gasteiger partial charge in [-0.15, -0.1) is 0 Å². The highest BCUT2D eigenvalue weighted by atomic mass is 32.2. The van der Waals surface area contributed by atoms with Crippen LogP contribution in [0.25, 0.3) is 6.08 Å². The molecule has 2 aromatic rings. The molecule has 1 aromatic heterocycles. The number of hydrogen-bond acceptors (Lipinski definition) is 6. The summed E-state index contributed by atoms with van der Waals surface area (Å²) in [5.74, 6) is 0.972. The Balaban J connectivity index is 1.82. The van der Waals surface area contributed by atoms with E-state index in [-0.39, 0.29) is 11.7 Å². The van der Waals surface area contributed by atoms with Gasteiger partial charge in [0.05, 0.1) is 24.3 Å². The molecule has 7 heteroatoms. The van der Waals surface area contributed by atoms with Gasteiger partial charge in [-0.25, -0.2) is 0 Å². The van der Waals surface area contributed by atoms with Gasteiger partial charge in [-0.05, 0) is 42.8 Å². The van der Waals surface area contributed by atoms with Gasteiger partial charge in [-0.3, -0.25) is 9.69 Å². The molecule has 1 aromatic carbocycles. The van der Waals surface area contributed by atoms with Crippen molar-refractivity contribution in [3.8, 4) is 11.5 Å². The van der Waals surface area contributed by atoms with Crippen molar-refractivity contribution in [2.45, 2.75) is 13.5 Å². The molecule has 0 bridgehead atoms. The highest BCUT2D eigenvalue weighted by molar-refractivity contribution is 8.26. The molecule has 0 atom stereocenters. The molecule has 1 aliphatic heterocycles. The van der Waals surface area contributed by atoms with E-state index >= 15 is 0 Å². The van der Waals surface area contributed by atoms with Crippen LogP contribution in [0.15, 0.2) is 45.9 Å². The number of thiocarbonyl (C=S) groups is 1. The number of benzene rings is 1. The minimum Gasteiger partial charge on any atom is -0.504 e. The lowest BCUT2D eigenvalue weighted by atomic mass is 10.2. The van der Waals surface area contributed by atoms with Crippen molar-refractivity contribution in [1.82, 2.24) is 4.90 Å². The van der Waals surface area contributed by atoms with E-state index in [1.165, 1.54) is 16.7 Å². The summed E-state index contributed by atoms with van der Waals surface area (Å²) in [6.07, 6.45) is 3.30. The standard InChI is InChI=1S/C17H15NO4S2/c1-2-21-14-8-11(5-6-13(14)19)9-15-16(20)18(17(23)24-15)10-12-4-3-7-22-12/h3-9,19H,2,10H2,1H3/b15-9-. The Morgan fingerprint density at radius 2 is 2.25 bits per heavy atom. The summed E-state index contributed by atoms with van der Waals surface area (Å²) in [5.41, 5.74) is 0.759. The molecule has 1 aliphatic rings. The first-order chi connectivity index (χ1) is 11.6. The summed E-state index contributed by atoms with van der Waals surface area (Å²) in [4.78, 5) is 14.6. The second-order valence-electron chi connectivity index (χ2n) is 5.01. The van der Waals surface area contributed by atoms with Crippen LogP contribution in [0.5, 0.6) is 11.5 Å². The lowest BCUT2D eigenvalue weighted by Crippen LogP contribution is -2.27. The van der Waals surface area contributed by atoms with Crippen molar-refractivity contribution in [2.75, 3.05) is 6.61 Å². The fraction of sp³-hybridized carbons (Fsp3) is 0.176. The van der Waals surface area contributed by atoms with E-state index in [1.54, 1.807) is 42.7 Å². The molecule has 0 saturated carbocycles. The summed E-state index contributed by atoms with van der Waals surface area (Å²) < 4.78 is 11.1. The molecule has 1 fully saturated rings. The molecule has 0 radical (unpaired) electrons. The van der Waals surface area contributed by atoms with Crippen LogP contribution in [0.3, 0.4) is 0 Å². The normalized spacial score (nSPS) is 16.2.